The van der Waals surface area contributed by atoms with Gasteiger partial charge in [0.25, 0.3) is 0 Å². The van der Waals surface area contributed by atoms with E-state index in [9.17, 15) is 13.0 Å². The third-order valence-electron chi connectivity index (χ3n) is 3.78. The first-order valence-electron chi connectivity index (χ1n) is 7.19. The zero-order valence-electron chi connectivity index (χ0n) is 12.6. The van der Waals surface area contributed by atoms with Crippen LogP contribution in [0.25, 0.3) is 0 Å². The number of hydrogen-bond donors (Lipinski definition) is 0. The minimum absolute atomic E-state index is 0.103. The molecule has 0 bridgehead atoms. The first kappa shape index (κ1) is 16.1. The molecule has 0 aromatic heterocycles. The van der Waals surface area contributed by atoms with Crippen molar-refractivity contribution in [2.24, 2.45) is 0 Å². The van der Waals surface area contributed by atoms with Gasteiger partial charge in [0.15, 0.2) is 6.79 Å². The van der Waals surface area contributed by atoms with Crippen molar-refractivity contribution in [2.75, 3.05) is 6.79 Å². The highest BCUT2D eigenvalue weighted by molar-refractivity contribution is 7.84. The topological polar surface area (TPSA) is 35.5 Å². The van der Waals surface area contributed by atoms with Crippen LogP contribution in [0.4, 0.5) is 8.78 Å². The summed E-state index contributed by atoms with van der Waals surface area (Å²) in [6.07, 6.45) is 0. The van der Waals surface area contributed by atoms with Crippen molar-refractivity contribution in [3.05, 3.63) is 64.7 Å². The summed E-state index contributed by atoms with van der Waals surface area (Å²) < 4.78 is 49.9. The molecule has 2 unspecified atom stereocenters. The third kappa shape index (κ3) is 3.59. The molecular formula is C17H16F2O3S. The highest BCUT2D eigenvalue weighted by Crippen LogP contribution is 2.32. The lowest BCUT2D eigenvalue weighted by Crippen LogP contribution is -2.15. The van der Waals surface area contributed by atoms with Crippen LogP contribution in [-0.4, -0.2) is 11.0 Å². The van der Waals surface area contributed by atoms with Crippen LogP contribution in [0, 0.1) is 11.6 Å². The number of ether oxygens (including phenoxy) is 2. The van der Waals surface area contributed by atoms with Gasteiger partial charge in [0.05, 0.1) is 17.6 Å². The standard InChI is InChI=1S/C17H16F2O3S/c1-11(12-2-4-15(18)5-3-12)23(20)9-14-7-16(19)6-13-8-21-10-22-17(13)14/h2-7,11H,8-10H2,1H3. The van der Waals surface area contributed by atoms with Crippen LogP contribution in [0.1, 0.15) is 28.9 Å². The fraction of sp³-hybridized carbons (Fsp3) is 0.294. The number of hydrogen-bond acceptors (Lipinski definition) is 3. The predicted octanol–water partition coefficient (Wildman–Crippen LogP) is 3.84. The van der Waals surface area contributed by atoms with Crippen molar-refractivity contribution in [1.82, 2.24) is 0 Å². The number of benzene rings is 2. The lowest BCUT2D eigenvalue weighted by molar-refractivity contribution is -0.0171. The fourth-order valence-electron chi connectivity index (χ4n) is 2.53. The summed E-state index contributed by atoms with van der Waals surface area (Å²) in [5.41, 5.74) is 1.97. The summed E-state index contributed by atoms with van der Waals surface area (Å²) in [6, 6.07) is 8.62. The Hall–Kier alpha value is -1.79. The van der Waals surface area contributed by atoms with E-state index in [0.717, 1.165) is 5.56 Å². The molecule has 1 aliphatic rings. The average molecular weight is 338 g/mol. The fourth-order valence-corrected chi connectivity index (χ4v) is 3.76. The summed E-state index contributed by atoms with van der Waals surface area (Å²) in [4.78, 5) is 0. The molecule has 2 atom stereocenters. The minimum atomic E-state index is -1.29. The maximum atomic E-state index is 13.7. The molecule has 122 valence electrons. The molecule has 3 rings (SSSR count). The Bertz CT molecular complexity index is 731. The van der Waals surface area contributed by atoms with E-state index in [1.54, 1.807) is 19.1 Å². The molecule has 0 aliphatic carbocycles. The molecular weight excluding hydrogens is 322 g/mol. The molecule has 0 amide bonds. The Balaban J connectivity index is 1.82. The Morgan fingerprint density at radius 2 is 1.91 bits per heavy atom. The van der Waals surface area contributed by atoms with Gasteiger partial charge < -0.3 is 9.47 Å². The molecule has 0 spiro atoms. The van der Waals surface area contributed by atoms with E-state index < -0.39 is 16.6 Å². The lowest BCUT2D eigenvalue weighted by Gasteiger charge is -2.21. The number of fused-ring (bicyclic) bond motifs is 1. The normalized spacial score (nSPS) is 16.3. The molecule has 0 saturated carbocycles. The van der Waals surface area contributed by atoms with Crippen LogP contribution in [-0.2, 0) is 27.9 Å². The first-order chi connectivity index (χ1) is 11.0. The van der Waals surface area contributed by atoms with Gasteiger partial charge in [0, 0.05) is 21.9 Å². The minimum Gasteiger partial charge on any atom is -0.467 e. The molecule has 1 heterocycles. The van der Waals surface area contributed by atoms with Crippen molar-refractivity contribution in [3.8, 4) is 5.75 Å². The highest BCUT2D eigenvalue weighted by atomic mass is 32.2. The summed E-state index contributed by atoms with van der Waals surface area (Å²) in [5.74, 6) is -0.0190. The van der Waals surface area contributed by atoms with Crippen LogP contribution in [0.15, 0.2) is 36.4 Å². The molecule has 3 nitrogen and oxygen atoms in total. The Labute approximate surface area is 135 Å². The maximum Gasteiger partial charge on any atom is 0.189 e. The second kappa shape index (κ2) is 6.76. The van der Waals surface area contributed by atoms with Gasteiger partial charge >= 0.3 is 0 Å². The highest BCUT2D eigenvalue weighted by Gasteiger charge is 2.21. The van der Waals surface area contributed by atoms with Crippen LogP contribution < -0.4 is 4.74 Å². The zero-order valence-corrected chi connectivity index (χ0v) is 13.4. The smallest absolute Gasteiger partial charge is 0.189 e. The van der Waals surface area contributed by atoms with Gasteiger partial charge in [0.2, 0.25) is 0 Å². The summed E-state index contributed by atoms with van der Waals surface area (Å²) in [7, 11) is -1.29. The predicted molar refractivity (Wildman–Crippen MR) is 83.3 cm³/mol. The average Bonchev–Trinajstić information content (AvgIpc) is 2.54. The quantitative estimate of drug-likeness (QED) is 0.850. The summed E-state index contributed by atoms with van der Waals surface area (Å²) in [5, 5.41) is -0.297. The summed E-state index contributed by atoms with van der Waals surface area (Å²) in [6.45, 7) is 2.19. The van der Waals surface area contributed by atoms with E-state index in [2.05, 4.69) is 0 Å². The van der Waals surface area contributed by atoms with E-state index in [-0.39, 0.29) is 30.2 Å². The summed E-state index contributed by atoms with van der Waals surface area (Å²) >= 11 is 0. The van der Waals surface area contributed by atoms with Crippen molar-refractivity contribution >= 4 is 10.8 Å². The maximum absolute atomic E-state index is 13.7. The van der Waals surface area contributed by atoms with E-state index in [0.29, 0.717) is 16.9 Å². The largest absolute Gasteiger partial charge is 0.467 e. The van der Waals surface area contributed by atoms with Gasteiger partial charge in [-0.25, -0.2) is 8.78 Å². The van der Waals surface area contributed by atoms with Gasteiger partial charge in [-0.1, -0.05) is 12.1 Å². The monoisotopic (exact) mass is 338 g/mol. The molecule has 0 radical (unpaired) electrons. The van der Waals surface area contributed by atoms with Gasteiger partial charge in [-0.15, -0.1) is 0 Å². The second-order valence-corrected chi connectivity index (χ2v) is 7.14. The molecule has 1 aliphatic heterocycles. The molecule has 6 heteroatoms. The van der Waals surface area contributed by atoms with Gasteiger partial charge in [-0.2, -0.15) is 0 Å². The van der Waals surface area contributed by atoms with Crippen LogP contribution in [0.5, 0.6) is 5.75 Å². The molecule has 2 aromatic carbocycles. The zero-order chi connectivity index (χ0) is 16.4. The van der Waals surface area contributed by atoms with Crippen LogP contribution in [0.3, 0.4) is 0 Å². The van der Waals surface area contributed by atoms with Crippen molar-refractivity contribution < 1.29 is 22.5 Å². The van der Waals surface area contributed by atoms with Crippen molar-refractivity contribution in [2.45, 2.75) is 24.5 Å². The molecule has 2 aromatic rings. The Morgan fingerprint density at radius 1 is 1.17 bits per heavy atom. The molecule has 0 N–H and O–H groups in total. The first-order valence-corrected chi connectivity index (χ1v) is 8.57. The molecule has 0 saturated heterocycles. The Morgan fingerprint density at radius 3 is 2.65 bits per heavy atom. The Kier molecular flexibility index (Phi) is 4.73. The van der Waals surface area contributed by atoms with E-state index in [1.165, 1.54) is 24.3 Å². The second-order valence-electron chi connectivity index (χ2n) is 5.38. The van der Waals surface area contributed by atoms with Crippen molar-refractivity contribution in [3.63, 3.8) is 0 Å². The van der Waals surface area contributed by atoms with Gasteiger partial charge in [0.1, 0.15) is 17.4 Å². The van der Waals surface area contributed by atoms with E-state index in [1.807, 2.05) is 0 Å². The SMILES string of the molecule is CC(c1ccc(F)cc1)S(=O)Cc1cc(F)cc2c1OCOC2. The van der Waals surface area contributed by atoms with E-state index >= 15 is 0 Å². The van der Waals surface area contributed by atoms with Crippen molar-refractivity contribution in [1.29, 1.82) is 0 Å². The van der Waals surface area contributed by atoms with Gasteiger partial charge in [-0.05, 0) is 36.8 Å². The van der Waals surface area contributed by atoms with E-state index in [4.69, 9.17) is 9.47 Å². The molecule has 23 heavy (non-hydrogen) atoms. The van der Waals surface area contributed by atoms with Gasteiger partial charge in [-0.3, -0.25) is 4.21 Å². The molecule has 0 fully saturated rings. The lowest BCUT2D eigenvalue weighted by atomic mass is 10.1. The number of rotatable bonds is 4. The van der Waals surface area contributed by atoms with Crippen LogP contribution >= 0.6 is 0 Å². The third-order valence-corrected chi connectivity index (χ3v) is 5.44. The number of halogens is 2. The van der Waals surface area contributed by atoms with Crippen LogP contribution in [0.2, 0.25) is 0 Å².